The van der Waals surface area contributed by atoms with E-state index in [1.807, 2.05) is 50.2 Å². The van der Waals surface area contributed by atoms with E-state index in [0.717, 1.165) is 16.3 Å². The number of hydrogen-bond acceptors (Lipinski definition) is 4. The number of pyridine rings is 1. The largest absolute Gasteiger partial charge is 0.497 e. The summed E-state index contributed by atoms with van der Waals surface area (Å²) in [6, 6.07) is 11.5. The molecule has 0 aliphatic heterocycles. The summed E-state index contributed by atoms with van der Waals surface area (Å²) in [5, 5.41) is -0.173. The Morgan fingerprint density at radius 2 is 2.05 bits per heavy atom. The highest BCUT2D eigenvalue weighted by Crippen LogP contribution is 2.27. The zero-order chi connectivity index (χ0) is 15.9. The average Bonchev–Trinajstić information content (AvgIpc) is 2.57. The molecular weight excluding hydrogens is 296 g/mol. The number of thioether (sulfide) groups is 1. The molecule has 1 unspecified atom stereocenters. The van der Waals surface area contributed by atoms with Crippen LogP contribution in [0.5, 0.6) is 5.75 Å². The molecule has 22 heavy (non-hydrogen) atoms. The van der Waals surface area contributed by atoms with Gasteiger partial charge in [0.2, 0.25) is 5.91 Å². The van der Waals surface area contributed by atoms with Crippen molar-refractivity contribution in [2.24, 2.45) is 0 Å². The molecule has 1 amide bonds. The summed E-state index contributed by atoms with van der Waals surface area (Å²) in [5.41, 5.74) is 0.831. The Morgan fingerprint density at radius 1 is 1.32 bits per heavy atom. The second-order valence-electron chi connectivity index (χ2n) is 4.73. The number of aromatic nitrogens is 1. The predicted molar refractivity (Wildman–Crippen MR) is 90.6 cm³/mol. The molecule has 0 aliphatic rings. The number of amides is 1. The van der Waals surface area contributed by atoms with Gasteiger partial charge in [-0.25, -0.2) is 0 Å². The molecule has 2 aromatic rings. The van der Waals surface area contributed by atoms with Crippen molar-refractivity contribution in [2.45, 2.75) is 24.0 Å². The molecule has 0 N–H and O–H groups in total. The van der Waals surface area contributed by atoms with Crippen LogP contribution >= 0.6 is 11.8 Å². The van der Waals surface area contributed by atoms with Crippen molar-refractivity contribution in [1.82, 2.24) is 4.98 Å². The smallest absolute Gasteiger partial charge is 0.240 e. The number of benzene rings is 1. The molecule has 1 aromatic carbocycles. The van der Waals surface area contributed by atoms with Gasteiger partial charge < -0.3 is 9.64 Å². The van der Waals surface area contributed by atoms with Crippen molar-refractivity contribution in [1.29, 1.82) is 0 Å². The van der Waals surface area contributed by atoms with E-state index in [2.05, 4.69) is 4.98 Å². The maximum Gasteiger partial charge on any atom is 0.240 e. The lowest BCUT2D eigenvalue weighted by atomic mass is 10.3. The van der Waals surface area contributed by atoms with Gasteiger partial charge in [-0.15, -0.1) is 11.8 Å². The highest BCUT2D eigenvalue weighted by Gasteiger charge is 2.21. The van der Waals surface area contributed by atoms with Crippen LogP contribution in [-0.2, 0) is 4.79 Å². The topological polar surface area (TPSA) is 42.4 Å². The Labute approximate surface area is 135 Å². The van der Waals surface area contributed by atoms with E-state index in [1.165, 1.54) is 0 Å². The zero-order valence-electron chi connectivity index (χ0n) is 13.0. The first-order valence-corrected chi connectivity index (χ1v) is 8.05. The average molecular weight is 316 g/mol. The lowest BCUT2D eigenvalue weighted by Gasteiger charge is -2.24. The van der Waals surface area contributed by atoms with E-state index in [0.29, 0.717) is 6.54 Å². The highest BCUT2D eigenvalue weighted by molar-refractivity contribution is 8.00. The SMILES string of the molecule is CCN(C(=O)C(C)Sc1ccc(OC)cc1)c1cccnc1. The second kappa shape index (κ2) is 7.84. The van der Waals surface area contributed by atoms with E-state index in [9.17, 15) is 4.79 Å². The molecule has 0 aliphatic carbocycles. The van der Waals surface area contributed by atoms with E-state index in [-0.39, 0.29) is 11.2 Å². The first-order valence-electron chi connectivity index (χ1n) is 7.17. The Kier molecular flexibility index (Phi) is 5.83. The van der Waals surface area contributed by atoms with Crippen LogP contribution in [0.4, 0.5) is 5.69 Å². The minimum Gasteiger partial charge on any atom is -0.497 e. The van der Waals surface area contributed by atoms with Crippen LogP contribution in [0.1, 0.15) is 13.8 Å². The fraction of sp³-hybridized carbons (Fsp3) is 0.294. The molecule has 5 heteroatoms. The van der Waals surface area contributed by atoms with Crippen LogP contribution in [0.2, 0.25) is 0 Å². The Hall–Kier alpha value is -2.01. The van der Waals surface area contributed by atoms with Crippen LogP contribution in [0.25, 0.3) is 0 Å². The van der Waals surface area contributed by atoms with Crippen molar-refractivity contribution in [3.05, 3.63) is 48.8 Å². The fourth-order valence-corrected chi connectivity index (χ4v) is 3.04. The van der Waals surface area contributed by atoms with Crippen LogP contribution in [0.3, 0.4) is 0 Å². The molecule has 0 saturated heterocycles. The van der Waals surface area contributed by atoms with Gasteiger partial charge in [-0.1, -0.05) is 0 Å². The lowest BCUT2D eigenvalue weighted by Crippen LogP contribution is -2.36. The number of anilines is 1. The van der Waals surface area contributed by atoms with E-state index >= 15 is 0 Å². The summed E-state index contributed by atoms with van der Waals surface area (Å²) < 4.78 is 5.14. The monoisotopic (exact) mass is 316 g/mol. The number of ether oxygens (including phenoxy) is 1. The van der Waals surface area contributed by atoms with Gasteiger partial charge in [0.15, 0.2) is 0 Å². The maximum absolute atomic E-state index is 12.7. The third-order valence-corrected chi connectivity index (χ3v) is 4.36. The third-order valence-electron chi connectivity index (χ3n) is 3.26. The molecule has 1 atom stereocenters. The molecule has 0 fully saturated rings. The van der Waals surface area contributed by atoms with Crippen LogP contribution in [-0.4, -0.2) is 29.8 Å². The van der Waals surface area contributed by atoms with Gasteiger partial charge in [0.05, 0.1) is 24.2 Å². The summed E-state index contributed by atoms with van der Waals surface area (Å²) in [5.74, 6) is 0.894. The summed E-state index contributed by atoms with van der Waals surface area (Å²) in [4.78, 5) is 19.5. The first kappa shape index (κ1) is 16.4. The Bertz CT molecular complexity index is 602. The number of hydrogen-bond donors (Lipinski definition) is 0. The van der Waals surface area contributed by atoms with Gasteiger partial charge in [-0.05, 0) is 50.2 Å². The van der Waals surface area contributed by atoms with Gasteiger partial charge in [0.25, 0.3) is 0 Å². The Morgan fingerprint density at radius 3 is 2.59 bits per heavy atom. The van der Waals surface area contributed by atoms with E-state index < -0.39 is 0 Å². The summed E-state index contributed by atoms with van der Waals surface area (Å²) in [6.45, 7) is 4.52. The number of carbonyl (C=O) groups is 1. The first-order chi connectivity index (χ1) is 10.7. The summed E-state index contributed by atoms with van der Waals surface area (Å²) in [7, 11) is 1.64. The van der Waals surface area contributed by atoms with Crippen molar-refractivity contribution in [2.75, 3.05) is 18.6 Å². The number of carbonyl (C=O) groups excluding carboxylic acids is 1. The summed E-state index contributed by atoms with van der Waals surface area (Å²) in [6.07, 6.45) is 3.42. The molecule has 1 aromatic heterocycles. The molecule has 4 nitrogen and oxygen atoms in total. The number of rotatable bonds is 6. The number of nitrogens with zero attached hydrogens (tertiary/aromatic N) is 2. The standard InChI is InChI=1S/C17H20N2O2S/c1-4-19(14-6-5-11-18-12-14)17(20)13(2)22-16-9-7-15(21-3)8-10-16/h5-13H,4H2,1-3H3. The zero-order valence-corrected chi connectivity index (χ0v) is 13.8. The second-order valence-corrected chi connectivity index (χ2v) is 6.14. The van der Waals surface area contributed by atoms with Crippen molar-refractivity contribution in [3.63, 3.8) is 0 Å². The predicted octanol–water partition coefficient (Wildman–Crippen LogP) is 3.62. The van der Waals surface area contributed by atoms with Gasteiger partial charge in [-0.2, -0.15) is 0 Å². The highest BCUT2D eigenvalue weighted by atomic mass is 32.2. The number of methoxy groups -OCH3 is 1. The van der Waals surface area contributed by atoms with Gasteiger partial charge in [-0.3, -0.25) is 9.78 Å². The Balaban J connectivity index is 2.06. The minimum absolute atomic E-state index is 0.0799. The van der Waals surface area contributed by atoms with Gasteiger partial charge in [0.1, 0.15) is 5.75 Å². The molecule has 2 rings (SSSR count). The van der Waals surface area contributed by atoms with Crippen LogP contribution in [0, 0.1) is 0 Å². The molecule has 1 heterocycles. The van der Waals surface area contributed by atoms with E-state index in [1.54, 1.807) is 36.2 Å². The van der Waals surface area contributed by atoms with Crippen molar-refractivity contribution in [3.8, 4) is 5.75 Å². The minimum atomic E-state index is -0.173. The molecule has 0 bridgehead atoms. The van der Waals surface area contributed by atoms with Crippen LogP contribution in [0.15, 0.2) is 53.7 Å². The normalized spacial score (nSPS) is 11.8. The molecule has 0 saturated carbocycles. The lowest BCUT2D eigenvalue weighted by molar-refractivity contribution is -0.117. The van der Waals surface area contributed by atoms with Gasteiger partial charge >= 0.3 is 0 Å². The molecule has 0 radical (unpaired) electrons. The molecule has 116 valence electrons. The molecular formula is C17H20N2O2S. The van der Waals surface area contributed by atoms with Gasteiger partial charge in [0, 0.05) is 17.6 Å². The maximum atomic E-state index is 12.7. The molecule has 0 spiro atoms. The quantitative estimate of drug-likeness (QED) is 0.763. The van der Waals surface area contributed by atoms with E-state index in [4.69, 9.17) is 4.74 Å². The fourth-order valence-electron chi connectivity index (χ4n) is 2.11. The van der Waals surface area contributed by atoms with Crippen molar-refractivity contribution >= 4 is 23.4 Å². The summed E-state index contributed by atoms with van der Waals surface area (Å²) >= 11 is 1.54. The van der Waals surface area contributed by atoms with Crippen LogP contribution < -0.4 is 9.64 Å². The van der Waals surface area contributed by atoms with Crippen molar-refractivity contribution < 1.29 is 9.53 Å². The third kappa shape index (κ3) is 4.01.